The number of nitrogens with zero attached hydrogens (tertiary/aromatic N) is 1. The SMILES string of the molecule is CC1C(=O)NC2(CCCCC2)C(=O)N1CC1(C)CC1. The van der Waals surface area contributed by atoms with Crippen molar-refractivity contribution < 1.29 is 9.59 Å². The van der Waals surface area contributed by atoms with Gasteiger partial charge >= 0.3 is 0 Å². The molecule has 3 aliphatic rings. The largest absolute Gasteiger partial charge is 0.340 e. The lowest BCUT2D eigenvalue weighted by molar-refractivity contribution is -0.156. The summed E-state index contributed by atoms with van der Waals surface area (Å²) < 4.78 is 0. The van der Waals surface area contributed by atoms with Crippen LogP contribution >= 0.6 is 0 Å². The highest BCUT2D eigenvalue weighted by atomic mass is 16.2. The first-order valence-electron chi connectivity index (χ1n) is 7.59. The number of hydrogen-bond donors (Lipinski definition) is 1. The molecule has 1 heterocycles. The maximum atomic E-state index is 12.9. The van der Waals surface area contributed by atoms with Gasteiger partial charge < -0.3 is 10.2 Å². The van der Waals surface area contributed by atoms with Crippen LogP contribution < -0.4 is 5.32 Å². The first kappa shape index (κ1) is 12.9. The van der Waals surface area contributed by atoms with Gasteiger partial charge in [-0.3, -0.25) is 9.59 Å². The van der Waals surface area contributed by atoms with Crippen molar-refractivity contribution in [3.05, 3.63) is 0 Å². The summed E-state index contributed by atoms with van der Waals surface area (Å²) in [5.74, 6) is 0.207. The van der Waals surface area contributed by atoms with E-state index in [0.717, 1.165) is 32.2 Å². The summed E-state index contributed by atoms with van der Waals surface area (Å²) in [6, 6.07) is -0.308. The molecule has 0 aromatic heterocycles. The highest BCUT2D eigenvalue weighted by molar-refractivity contribution is 5.99. The van der Waals surface area contributed by atoms with Crippen molar-refractivity contribution in [2.75, 3.05) is 6.54 Å². The molecule has 1 spiro atoms. The Morgan fingerprint density at radius 1 is 1.16 bits per heavy atom. The zero-order valence-corrected chi connectivity index (χ0v) is 12.0. The molecule has 0 radical (unpaired) electrons. The minimum Gasteiger partial charge on any atom is -0.340 e. The maximum absolute atomic E-state index is 12.9. The number of piperazine rings is 1. The number of hydrogen-bond acceptors (Lipinski definition) is 2. The Bertz CT molecular complexity index is 408. The fraction of sp³-hybridized carbons (Fsp3) is 0.867. The Kier molecular flexibility index (Phi) is 2.88. The lowest BCUT2D eigenvalue weighted by Crippen LogP contribution is -2.70. The van der Waals surface area contributed by atoms with Crippen LogP contribution in [0.15, 0.2) is 0 Å². The third kappa shape index (κ3) is 2.15. The molecule has 0 aromatic rings. The molecule has 106 valence electrons. The van der Waals surface area contributed by atoms with E-state index in [1.807, 2.05) is 11.8 Å². The lowest BCUT2D eigenvalue weighted by atomic mass is 9.78. The molecule has 1 unspecified atom stereocenters. The zero-order valence-electron chi connectivity index (χ0n) is 12.0. The van der Waals surface area contributed by atoms with Crippen LogP contribution in [-0.2, 0) is 9.59 Å². The first-order chi connectivity index (χ1) is 8.96. The van der Waals surface area contributed by atoms with Crippen LogP contribution in [0.3, 0.4) is 0 Å². The van der Waals surface area contributed by atoms with Gasteiger partial charge in [0, 0.05) is 6.54 Å². The Morgan fingerprint density at radius 2 is 1.79 bits per heavy atom. The van der Waals surface area contributed by atoms with Crippen molar-refractivity contribution in [3.63, 3.8) is 0 Å². The zero-order chi connectivity index (χ0) is 13.7. The molecule has 1 N–H and O–H groups in total. The average molecular weight is 264 g/mol. The molecule has 4 nitrogen and oxygen atoms in total. The Balaban J connectivity index is 1.84. The second-order valence-corrected chi connectivity index (χ2v) is 7.05. The molecule has 1 saturated heterocycles. The third-order valence-corrected chi connectivity index (χ3v) is 5.24. The van der Waals surface area contributed by atoms with Gasteiger partial charge in [-0.25, -0.2) is 0 Å². The van der Waals surface area contributed by atoms with Gasteiger partial charge in [-0.1, -0.05) is 26.2 Å². The van der Waals surface area contributed by atoms with Crippen molar-refractivity contribution >= 4 is 11.8 Å². The Hall–Kier alpha value is -1.06. The van der Waals surface area contributed by atoms with Crippen molar-refractivity contribution in [1.29, 1.82) is 0 Å². The van der Waals surface area contributed by atoms with Crippen molar-refractivity contribution in [2.45, 2.75) is 70.4 Å². The average Bonchev–Trinajstić information content (AvgIpc) is 3.12. The lowest BCUT2D eigenvalue weighted by Gasteiger charge is -2.47. The van der Waals surface area contributed by atoms with E-state index in [1.165, 1.54) is 19.3 Å². The van der Waals surface area contributed by atoms with E-state index in [9.17, 15) is 9.59 Å². The van der Waals surface area contributed by atoms with E-state index in [4.69, 9.17) is 0 Å². The van der Waals surface area contributed by atoms with Crippen molar-refractivity contribution in [2.24, 2.45) is 5.41 Å². The van der Waals surface area contributed by atoms with Crippen molar-refractivity contribution in [3.8, 4) is 0 Å². The quantitative estimate of drug-likeness (QED) is 0.827. The van der Waals surface area contributed by atoms with Gasteiger partial charge in [-0.05, 0) is 38.0 Å². The van der Waals surface area contributed by atoms with Gasteiger partial charge in [0.2, 0.25) is 11.8 Å². The summed E-state index contributed by atoms with van der Waals surface area (Å²) in [6.45, 7) is 4.82. The van der Waals surface area contributed by atoms with Crippen LogP contribution in [0, 0.1) is 5.41 Å². The third-order valence-electron chi connectivity index (χ3n) is 5.24. The van der Waals surface area contributed by atoms with E-state index in [0.29, 0.717) is 0 Å². The smallest absolute Gasteiger partial charge is 0.249 e. The van der Waals surface area contributed by atoms with Gasteiger partial charge in [0.25, 0.3) is 0 Å². The summed E-state index contributed by atoms with van der Waals surface area (Å²) in [7, 11) is 0. The summed E-state index contributed by atoms with van der Waals surface area (Å²) in [4.78, 5) is 27.0. The van der Waals surface area contributed by atoms with E-state index < -0.39 is 5.54 Å². The number of amides is 2. The highest BCUT2D eigenvalue weighted by Crippen LogP contribution is 2.46. The Morgan fingerprint density at radius 3 is 2.37 bits per heavy atom. The molecular formula is C15H24N2O2. The second-order valence-electron chi connectivity index (χ2n) is 7.05. The van der Waals surface area contributed by atoms with Crippen LogP contribution in [0.2, 0.25) is 0 Å². The molecule has 2 aliphatic carbocycles. The fourth-order valence-corrected chi connectivity index (χ4v) is 3.47. The minimum atomic E-state index is -0.576. The summed E-state index contributed by atoms with van der Waals surface area (Å²) >= 11 is 0. The van der Waals surface area contributed by atoms with Crippen LogP contribution in [0.5, 0.6) is 0 Å². The van der Waals surface area contributed by atoms with Gasteiger partial charge in [-0.2, -0.15) is 0 Å². The van der Waals surface area contributed by atoms with Crippen LogP contribution in [0.25, 0.3) is 0 Å². The number of carbonyl (C=O) groups is 2. The molecule has 4 heteroatoms. The van der Waals surface area contributed by atoms with Gasteiger partial charge in [-0.15, -0.1) is 0 Å². The van der Waals surface area contributed by atoms with E-state index >= 15 is 0 Å². The second kappa shape index (κ2) is 4.22. The predicted octanol–water partition coefficient (Wildman–Crippen LogP) is 1.84. The van der Waals surface area contributed by atoms with Crippen LogP contribution in [0.4, 0.5) is 0 Å². The molecule has 3 rings (SSSR count). The summed E-state index contributed by atoms with van der Waals surface area (Å²) in [5, 5.41) is 3.04. The Labute approximate surface area is 114 Å². The number of rotatable bonds is 2. The molecule has 2 amide bonds. The molecule has 2 saturated carbocycles. The van der Waals surface area contributed by atoms with Crippen molar-refractivity contribution in [1.82, 2.24) is 10.2 Å². The van der Waals surface area contributed by atoms with E-state index in [2.05, 4.69) is 12.2 Å². The van der Waals surface area contributed by atoms with Crippen LogP contribution in [0.1, 0.15) is 58.8 Å². The first-order valence-corrected chi connectivity index (χ1v) is 7.59. The van der Waals surface area contributed by atoms with Gasteiger partial charge in [0.05, 0.1) is 0 Å². The van der Waals surface area contributed by atoms with Crippen LogP contribution in [-0.4, -0.2) is 34.8 Å². The molecule has 1 aliphatic heterocycles. The highest BCUT2D eigenvalue weighted by Gasteiger charge is 2.52. The fourth-order valence-electron chi connectivity index (χ4n) is 3.47. The minimum absolute atomic E-state index is 0.0331. The molecular weight excluding hydrogens is 240 g/mol. The number of carbonyl (C=O) groups excluding carboxylic acids is 2. The molecule has 1 atom stereocenters. The van der Waals surface area contributed by atoms with E-state index in [1.54, 1.807) is 0 Å². The normalized spacial score (nSPS) is 32.3. The van der Waals surface area contributed by atoms with Gasteiger partial charge in [0.15, 0.2) is 0 Å². The molecule has 0 aromatic carbocycles. The summed E-state index contributed by atoms with van der Waals surface area (Å²) in [6.07, 6.45) is 7.26. The predicted molar refractivity (Wildman–Crippen MR) is 72.5 cm³/mol. The molecule has 3 fully saturated rings. The maximum Gasteiger partial charge on any atom is 0.249 e. The molecule has 0 bridgehead atoms. The molecule has 19 heavy (non-hydrogen) atoms. The monoisotopic (exact) mass is 264 g/mol. The topological polar surface area (TPSA) is 49.4 Å². The summed E-state index contributed by atoms with van der Waals surface area (Å²) in [5.41, 5.74) is -0.315. The van der Waals surface area contributed by atoms with E-state index in [-0.39, 0.29) is 23.3 Å². The standard InChI is InChI=1S/C15H24N2O2/c1-11-12(18)16-15(6-4-3-5-7-15)13(19)17(11)10-14(2)8-9-14/h11H,3-10H2,1-2H3,(H,16,18). The van der Waals surface area contributed by atoms with Gasteiger partial charge in [0.1, 0.15) is 11.6 Å². The number of nitrogens with one attached hydrogen (secondary N) is 1.